The summed E-state index contributed by atoms with van der Waals surface area (Å²) in [5.41, 5.74) is 2.21. The van der Waals surface area contributed by atoms with Crippen molar-refractivity contribution in [1.82, 2.24) is 15.6 Å². The summed E-state index contributed by atoms with van der Waals surface area (Å²) in [5.74, 6) is 1.85. The first kappa shape index (κ1) is 21.4. The highest BCUT2D eigenvalue weighted by Gasteiger charge is 2.20. The van der Waals surface area contributed by atoms with Gasteiger partial charge in [-0.3, -0.25) is 0 Å². The number of aliphatic imine (C=N–C) groups is 1. The Labute approximate surface area is 189 Å². The molecule has 4 rings (SSSR count). The van der Waals surface area contributed by atoms with Gasteiger partial charge in [0.15, 0.2) is 5.96 Å². The Morgan fingerprint density at radius 2 is 2.00 bits per heavy atom. The van der Waals surface area contributed by atoms with E-state index in [1.54, 1.807) is 0 Å². The summed E-state index contributed by atoms with van der Waals surface area (Å²) in [4.78, 5) is 14.2. The van der Waals surface area contributed by atoms with Gasteiger partial charge in [-0.25, -0.2) is 9.98 Å². The van der Waals surface area contributed by atoms with Crippen LogP contribution >= 0.6 is 11.3 Å². The lowest BCUT2D eigenvalue weighted by Gasteiger charge is -2.33. The molecule has 1 aliphatic rings. The van der Waals surface area contributed by atoms with Crippen molar-refractivity contribution in [3.63, 3.8) is 0 Å². The molecule has 31 heavy (non-hydrogen) atoms. The molecule has 1 aromatic carbocycles. The van der Waals surface area contributed by atoms with Gasteiger partial charge in [0.1, 0.15) is 5.82 Å². The van der Waals surface area contributed by atoms with Crippen LogP contribution < -0.4 is 20.4 Å². The van der Waals surface area contributed by atoms with Crippen LogP contribution in [-0.4, -0.2) is 50.7 Å². The van der Waals surface area contributed by atoms with Crippen LogP contribution in [-0.2, 0) is 6.54 Å². The van der Waals surface area contributed by atoms with Crippen molar-refractivity contribution in [2.75, 3.05) is 43.5 Å². The van der Waals surface area contributed by atoms with Gasteiger partial charge in [-0.1, -0.05) is 18.2 Å². The number of benzene rings is 1. The van der Waals surface area contributed by atoms with Gasteiger partial charge in [-0.05, 0) is 55.0 Å². The molecule has 1 saturated heterocycles. The zero-order valence-electron chi connectivity index (χ0n) is 18.6. The largest absolute Gasteiger partial charge is 0.363 e. The SMILES string of the molecule is CCNC(=NCc1cc(N(C)C)nc2ccccc12)NC1CCN(c2cccs2)CC1. The Morgan fingerprint density at radius 3 is 2.71 bits per heavy atom. The third-order valence-corrected chi connectivity index (χ3v) is 6.58. The minimum Gasteiger partial charge on any atom is -0.363 e. The molecule has 2 aromatic heterocycles. The van der Waals surface area contributed by atoms with Gasteiger partial charge in [0.25, 0.3) is 0 Å². The molecule has 6 nitrogen and oxygen atoms in total. The number of pyridine rings is 1. The topological polar surface area (TPSA) is 55.8 Å². The van der Waals surface area contributed by atoms with Crippen molar-refractivity contribution >= 4 is 39.0 Å². The Kier molecular flexibility index (Phi) is 6.92. The molecule has 3 aromatic rings. The molecule has 0 aliphatic carbocycles. The number of hydrogen-bond acceptors (Lipinski definition) is 5. The van der Waals surface area contributed by atoms with Gasteiger partial charge in [0.2, 0.25) is 0 Å². The highest BCUT2D eigenvalue weighted by molar-refractivity contribution is 7.14. The lowest BCUT2D eigenvalue weighted by Crippen LogP contribution is -2.48. The molecule has 7 heteroatoms. The van der Waals surface area contributed by atoms with Gasteiger partial charge in [-0.15, -0.1) is 11.3 Å². The number of hydrogen-bond donors (Lipinski definition) is 2. The molecule has 164 valence electrons. The molecule has 0 radical (unpaired) electrons. The summed E-state index contributed by atoms with van der Waals surface area (Å²) in [6.07, 6.45) is 2.23. The Morgan fingerprint density at radius 1 is 1.19 bits per heavy atom. The minimum atomic E-state index is 0.445. The molecule has 0 atom stereocenters. The fourth-order valence-corrected chi connectivity index (χ4v) is 4.75. The first-order valence-corrected chi connectivity index (χ1v) is 11.9. The van der Waals surface area contributed by atoms with E-state index >= 15 is 0 Å². The standard InChI is InChI=1S/C24H32N6S/c1-4-25-24(27-19-11-13-30(14-12-19)23-10-7-15-31-23)26-17-18-16-22(29(2)3)28-21-9-6-5-8-20(18)21/h5-10,15-16,19H,4,11-14,17H2,1-3H3,(H2,25,26,27). The predicted molar refractivity (Wildman–Crippen MR) is 134 cm³/mol. The molecule has 1 fully saturated rings. The molecule has 0 spiro atoms. The molecular weight excluding hydrogens is 404 g/mol. The number of nitrogens with one attached hydrogen (secondary N) is 2. The summed E-state index contributed by atoms with van der Waals surface area (Å²) in [7, 11) is 4.05. The molecule has 1 aliphatic heterocycles. The maximum absolute atomic E-state index is 4.93. The molecule has 0 amide bonds. The van der Waals surface area contributed by atoms with Crippen LogP contribution in [0.3, 0.4) is 0 Å². The zero-order valence-corrected chi connectivity index (χ0v) is 19.5. The van der Waals surface area contributed by atoms with Gasteiger partial charge in [-0.2, -0.15) is 0 Å². The van der Waals surface area contributed by atoms with E-state index in [1.165, 1.54) is 10.6 Å². The average Bonchev–Trinajstić information content (AvgIpc) is 3.32. The van der Waals surface area contributed by atoms with E-state index in [1.807, 2.05) is 36.4 Å². The summed E-state index contributed by atoms with van der Waals surface area (Å²) in [6, 6.07) is 15.2. The van der Waals surface area contributed by atoms with Crippen molar-refractivity contribution in [3.8, 4) is 0 Å². The number of anilines is 2. The normalized spacial score (nSPS) is 15.3. The van der Waals surface area contributed by atoms with Crippen LogP contribution in [0, 0.1) is 0 Å². The van der Waals surface area contributed by atoms with E-state index < -0.39 is 0 Å². The third kappa shape index (κ3) is 5.28. The zero-order chi connectivity index (χ0) is 21.6. The van der Waals surface area contributed by atoms with Crippen molar-refractivity contribution < 1.29 is 0 Å². The van der Waals surface area contributed by atoms with E-state index in [9.17, 15) is 0 Å². The van der Waals surface area contributed by atoms with Crippen molar-refractivity contribution in [1.29, 1.82) is 0 Å². The molecule has 3 heterocycles. The fourth-order valence-electron chi connectivity index (χ4n) is 3.96. The molecule has 0 unspecified atom stereocenters. The second kappa shape index (κ2) is 10.0. The number of aromatic nitrogens is 1. The molecular formula is C24H32N6S. The fraction of sp³-hybridized carbons (Fsp3) is 0.417. The van der Waals surface area contributed by atoms with E-state index in [-0.39, 0.29) is 0 Å². The highest BCUT2D eigenvalue weighted by Crippen LogP contribution is 2.25. The van der Waals surface area contributed by atoms with E-state index in [2.05, 4.69) is 64.2 Å². The van der Waals surface area contributed by atoms with Crippen molar-refractivity contribution in [2.45, 2.75) is 32.4 Å². The number of rotatable bonds is 6. The molecule has 2 N–H and O–H groups in total. The smallest absolute Gasteiger partial charge is 0.191 e. The number of thiophene rings is 1. The first-order chi connectivity index (χ1) is 15.1. The Balaban J connectivity index is 1.46. The Hall–Kier alpha value is -2.80. The number of guanidine groups is 1. The maximum Gasteiger partial charge on any atom is 0.191 e. The van der Waals surface area contributed by atoms with Gasteiger partial charge < -0.3 is 20.4 Å². The average molecular weight is 437 g/mol. The van der Waals surface area contributed by atoms with Crippen LogP contribution in [0.2, 0.25) is 0 Å². The summed E-state index contributed by atoms with van der Waals surface area (Å²) < 4.78 is 0. The Bertz CT molecular complexity index is 1010. The second-order valence-corrected chi connectivity index (χ2v) is 9.03. The van der Waals surface area contributed by atoms with Gasteiger partial charge in [0, 0.05) is 45.2 Å². The quantitative estimate of drug-likeness (QED) is 0.450. The maximum atomic E-state index is 4.93. The number of piperidine rings is 1. The van der Waals surface area contributed by atoms with Crippen LogP contribution in [0.5, 0.6) is 0 Å². The van der Waals surface area contributed by atoms with Gasteiger partial charge in [0.05, 0.1) is 17.1 Å². The minimum absolute atomic E-state index is 0.445. The lowest BCUT2D eigenvalue weighted by molar-refractivity contribution is 0.463. The van der Waals surface area contributed by atoms with Crippen molar-refractivity contribution in [2.24, 2.45) is 4.99 Å². The van der Waals surface area contributed by atoms with Gasteiger partial charge >= 0.3 is 0 Å². The summed E-state index contributed by atoms with van der Waals surface area (Å²) in [5, 5.41) is 11.8. The predicted octanol–water partition coefficient (Wildman–Crippen LogP) is 4.09. The molecule has 0 bridgehead atoms. The molecule has 0 saturated carbocycles. The van der Waals surface area contributed by atoms with E-state index in [4.69, 9.17) is 9.98 Å². The first-order valence-electron chi connectivity index (χ1n) is 11.0. The van der Waals surface area contributed by atoms with Crippen molar-refractivity contribution in [3.05, 3.63) is 53.4 Å². The van der Waals surface area contributed by atoms with Crippen LogP contribution in [0.15, 0.2) is 52.8 Å². The lowest BCUT2D eigenvalue weighted by atomic mass is 10.1. The van der Waals surface area contributed by atoms with Crippen LogP contribution in [0.1, 0.15) is 25.3 Å². The van der Waals surface area contributed by atoms with Crippen LogP contribution in [0.4, 0.5) is 10.8 Å². The summed E-state index contributed by atoms with van der Waals surface area (Å²) in [6.45, 7) is 5.74. The highest BCUT2D eigenvalue weighted by atomic mass is 32.1. The van der Waals surface area contributed by atoms with E-state index in [0.29, 0.717) is 12.6 Å². The van der Waals surface area contributed by atoms with Crippen LogP contribution in [0.25, 0.3) is 10.9 Å². The van der Waals surface area contributed by atoms with E-state index in [0.717, 1.165) is 55.2 Å². The number of nitrogens with zero attached hydrogens (tertiary/aromatic N) is 4. The summed E-state index contributed by atoms with van der Waals surface area (Å²) >= 11 is 1.82. The second-order valence-electron chi connectivity index (χ2n) is 8.10. The third-order valence-electron chi connectivity index (χ3n) is 5.65. The monoisotopic (exact) mass is 436 g/mol. The number of fused-ring (bicyclic) bond motifs is 1. The number of para-hydroxylation sites is 1.